The number of rotatable bonds is 4. The summed E-state index contributed by atoms with van der Waals surface area (Å²) in [4.78, 5) is 16.0. The van der Waals surface area contributed by atoms with Gasteiger partial charge in [0.05, 0.1) is 6.10 Å². The molecule has 1 saturated heterocycles. The Morgan fingerprint density at radius 2 is 2.44 bits per heavy atom. The number of ether oxygens (including phenoxy) is 1. The van der Waals surface area contributed by atoms with E-state index in [1.54, 1.807) is 18.2 Å². The highest BCUT2D eigenvalue weighted by atomic mass is 79.9. The van der Waals surface area contributed by atoms with Gasteiger partial charge in [0.25, 0.3) is 5.91 Å². The van der Waals surface area contributed by atoms with E-state index in [2.05, 4.69) is 33.2 Å². The number of nitrogens with zero attached hydrogens (tertiary/aromatic N) is 1. The minimum absolute atomic E-state index is 0.127. The number of aromatic nitrogens is 1. The van der Waals surface area contributed by atoms with E-state index in [1.165, 1.54) is 0 Å². The first-order chi connectivity index (χ1) is 8.70. The fourth-order valence-electron chi connectivity index (χ4n) is 2.23. The average molecular weight is 313 g/mol. The lowest BCUT2D eigenvalue weighted by atomic mass is 10.00. The van der Waals surface area contributed by atoms with Gasteiger partial charge >= 0.3 is 0 Å². The molecule has 5 heteroatoms. The van der Waals surface area contributed by atoms with Gasteiger partial charge in [0, 0.05) is 19.1 Å². The first-order valence-electron chi connectivity index (χ1n) is 6.23. The molecule has 1 amide bonds. The number of amides is 1. The van der Waals surface area contributed by atoms with Crippen LogP contribution in [0.5, 0.6) is 0 Å². The van der Waals surface area contributed by atoms with E-state index in [0.717, 1.165) is 19.4 Å². The molecule has 0 aromatic carbocycles. The van der Waals surface area contributed by atoms with Gasteiger partial charge in [-0.15, -0.1) is 0 Å². The Hall–Kier alpha value is -0.940. The maximum atomic E-state index is 11.9. The number of carbonyl (C=O) groups excluding carboxylic acids is 1. The third kappa shape index (κ3) is 3.29. The first kappa shape index (κ1) is 13.5. The molecule has 0 spiro atoms. The van der Waals surface area contributed by atoms with Crippen molar-refractivity contribution in [3.63, 3.8) is 0 Å². The van der Waals surface area contributed by atoms with Crippen molar-refractivity contribution < 1.29 is 9.53 Å². The second-order valence-corrected chi connectivity index (χ2v) is 5.23. The van der Waals surface area contributed by atoms with Crippen LogP contribution in [0.3, 0.4) is 0 Å². The summed E-state index contributed by atoms with van der Waals surface area (Å²) in [6, 6.07) is 5.32. The molecule has 0 aliphatic carbocycles. The molecule has 2 heterocycles. The van der Waals surface area contributed by atoms with Gasteiger partial charge in [-0.2, -0.15) is 0 Å². The predicted octanol–water partition coefficient (Wildman–Crippen LogP) is 2.39. The average Bonchev–Trinajstić information content (AvgIpc) is 2.83. The first-order valence-corrected chi connectivity index (χ1v) is 7.02. The summed E-state index contributed by atoms with van der Waals surface area (Å²) in [6.45, 7) is 3.57. The van der Waals surface area contributed by atoms with Crippen LogP contribution in [0, 0.1) is 5.92 Å². The minimum atomic E-state index is -0.127. The third-order valence-corrected chi connectivity index (χ3v) is 3.66. The van der Waals surface area contributed by atoms with E-state index < -0.39 is 0 Å². The molecule has 0 bridgehead atoms. The Balaban J connectivity index is 1.88. The van der Waals surface area contributed by atoms with Crippen LogP contribution < -0.4 is 5.32 Å². The third-order valence-electron chi connectivity index (χ3n) is 3.22. The van der Waals surface area contributed by atoms with Gasteiger partial charge in [0.1, 0.15) is 10.3 Å². The van der Waals surface area contributed by atoms with E-state index in [1.807, 2.05) is 0 Å². The summed E-state index contributed by atoms with van der Waals surface area (Å²) >= 11 is 3.26. The fraction of sp³-hybridized carbons (Fsp3) is 0.538. The van der Waals surface area contributed by atoms with Crippen LogP contribution in [0.2, 0.25) is 0 Å². The van der Waals surface area contributed by atoms with Crippen molar-refractivity contribution in [1.29, 1.82) is 0 Å². The molecule has 18 heavy (non-hydrogen) atoms. The highest BCUT2D eigenvalue weighted by Gasteiger charge is 2.26. The second kappa shape index (κ2) is 6.29. The van der Waals surface area contributed by atoms with Crippen LogP contribution in [0.25, 0.3) is 0 Å². The van der Waals surface area contributed by atoms with Crippen molar-refractivity contribution in [3.05, 3.63) is 28.5 Å². The maximum absolute atomic E-state index is 11.9. The molecule has 2 rings (SSSR count). The fourth-order valence-corrected chi connectivity index (χ4v) is 2.57. The van der Waals surface area contributed by atoms with Gasteiger partial charge in [-0.05, 0) is 40.9 Å². The zero-order valence-electron chi connectivity index (χ0n) is 10.4. The van der Waals surface area contributed by atoms with Crippen molar-refractivity contribution in [1.82, 2.24) is 10.3 Å². The zero-order valence-corrected chi connectivity index (χ0v) is 11.9. The van der Waals surface area contributed by atoms with Crippen molar-refractivity contribution in [2.45, 2.75) is 25.9 Å². The van der Waals surface area contributed by atoms with E-state index in [4.69, 9.17) is 4.74 Å². The maximum Gasteiger partial charge on any atom is 0.269 e. The molecule has 4 nitrogen and oxygen atoms in total. The van der Waals surface area contributed by atoms with Gasteiger partial charge < -0.3 is 10.1 Å². The molecule has 0 radical (unpaired) electrons. The van der Waals surface area contributed by atoms with Gasteiger partial charge in [-0.1, -0.05) is 13.0 Å². The van der Waals surface area contributed by atoms with Crippen LogP contribution in [0.15, 0.2) is 22.8 Å². The number of carbonyl (C=O) groups is 1. The highest BCUT2D eigenvalue weighted by Crippen LogP contribution is 2.22. The Labute approximate surface area is 115 Å². The summed E-state index contributed by atoms with van der Waals surface area (Å²) in [5.74, 6) is 0.296. The molecular formula is C13H17BrN2O2. The lowest BCUT2D eigenvalue weighted by molar-refractivity contribution is 0.0825. The van der Waals surface area contributed by atoms with Crippen molar-refractivity contribution in [2.75, 3.05) is 13.2 Å². The zero-order chi connectivity index (χ0) is 13.0. The summed E-state index contributed by atoms with van der Waals surface area (Å²) in [7, 11) is 0. The van der Waals surface area contributed by atoms with Crippen LogP contribution in [-0.4, -0.2) is 30.1 Å². The van der Waals surface area contributed by atoms with E-state index >= 15 is 0 Å². The summed E-state index contributed by atoms with van der Waals surface area (Å²) in [5.41, 5.74) is 0.441. The summed E-state index contributed by atoms with van der Waals surface area (Å²) < 4.78 is 6.27. The molecule has 0 saturated carbocycles. The Morgan fingerprint density at radius 1 is 1.61 bits per heavy atom. The normalized spacial score (nSPS) is 23.0. The van der Waals surface area contributed by atoms with Crippen LogP contribution in [-0.2, 0) is 4.74 Å². The predicted molar refractivity (Wildman–Crippen MR) is 72.4 cm³/mol. The van der Waals surface area contributed by atoms with E-state index in [9.17, 15) is 4.79 Å². The lowest BCUT2D eigenvalue weighted by Crippen LogP contribution is -2.33. The van der Waals surface area contributed by atoms with Gasteiger partial charge in [0.15, 0.2) is 0 Å². The molecule has 1 aliphatic rings. The molecule has 1 fully saturated rings. The smallest absolute Gasteiger partial charge is 0.269 e. The number of halogens is 1. The van der Waals surface area contributed by atoms with Crippen LogP contribution in [0.4, 0.5) is 0 Å². The van der Waals surface area contributed by atoms with Crippen molar-refractivity contribution in [3.8, 4) is 0 Å². The Kier molecular flexibility index (Phi) is 4.72. The van der Waals surface area contributed by atoms with Gasteiger partial charge in [-0.3, -0.25) is 4.79 Å². The SMILES string of the molecule is CCC1OCCC1CNC(=O)c1cccc(Br)n1. The molecule has 1 aromatic heterocycles. The van der Waals surface area contributed by atoms with Crippen molar-refractivity contribution in [2.24, 2.45) is 5.92 Å². The molecule has 2 unspecified atom stereocenters. The molecule has 1 N–H and O–H groups in total. The second-order valence-electron chi connectivity index (χ2n) is 4.42. The number of hydrogen-bond acceptors (Lipinski definition) is 3. The van der Waals surface area contributed by atoms with E-state index in [0.29, 0.717) is 22.8 Å². The van der Waals surface area contributed by atoms with Crippen LogP contribution in [0.1, 0.15) is 30.3 Å². The van der Waals surface area contributed by atoms with E-state index in [-0.39, 0.29) is 12.0 Å². The number of pyridine rings is 1. The Morgan fingerprint density at radius 3 is 3.17 bits per heavy atom. The highest BCUT2D eigenvalue weighted by molar-refractivity contribution is 9.10. The number of hydrogen-bond donors (Lipinski definition) is 1. The molecule has 1 aliphatic heterocycles. The standard InChI is InChI=1S/C13H17BrN2O2/c1-2-11-9(6-7-18-11)8-15-13(17)10-4-3-5-12(14)16-10/h3-5,9,11H,2,6-8H2,1H3,(H,15,17). The molecule has 2 atom stereocenters. The Bertz CT molecular complexity index is 425. The number of nitrogens with one attached hydrogen (secondary N) is 1. The largest absolute Gasteiger partial charge is 0.378 e. The molecular weight excluding hydrogens is 296 g/mol. The van der Waals surface area contributed by atoms with Gasteiger partial charge in [-0.25, -0.2) is 4.98 Å². The molecule has 1 aromatic rings. The summed E-state index contributed by atoms with van der Waals surface area (Å²) in [5, 5.41) is 2.93. The topological polar surface area (TPSA) is 51.2 Å². The van der Waals surface area contributed by atoms with Crippen LogP contribution >= 0.6 is 15.9 Å². The summed E-state index contributed by atoms with van der Waals surface area (Å²) in [6.07, 6.45) is 2.29. The molecule has 98 valence electrons. The van der Waals surface area contributed by atoms with Gasteiger partial charge in [0.2, 0.25) is 0 Å². The monoisotopic (exact) mass is 312 g/mol. The quantitative estimate of drug-likeness (QED) is 0.869. The lowest BCUT2D eigenvalue weighted by Gasteiger charge is -2.17. The minimum Gasteiger partial charge on any atom is -0.378 e. The van der Waals surface area contributed by atoms with Crippen molar-refractivity contribution >= 4 is 21.8 Å².